The summed E-state index contributed by atoms with van der Waals surface area (Å²) >= 11 is 0. The minimum atomic E-state index is -0.474. The number of rotatable bonds is 5. The van der Waals surface area contributed by atoms with Gasteiger partial charge in [-0.15, -0.1) is 0 Å². The van der Waals surface area contributed by atoms with Crippen molar-refractivity contribution in [2.45, 2.75) is 32.9 Å². The average molecular weight is 264 g/mol. The molecule has 0 aliphatic rings. The number of methoxy groups -OCH3 is 1. The molecule has 1 aromatic rings. The summed E-state index contributed by atoms with van der Waals surface area (Å²) in [6, 6.07) is 7.26. The summed E-state index contributed by atoms with van der Waals surface area (Å²) in [5, 5.41) is 5.47. The van der Waals surface area contributed by atoms with Gasteiger partial charge in [0.05, 0.1) is 7.11 Å². The number of amides is 2. The molecule has 2 N–H and O–H groups in total. The van der Waals surface area contributed by atoms with Gasteiger partial charge in [-0.1, -0.05) is 19.1 Å². The molecule has 1 rings (SSSR count). The lowest BCUT2D eigenvalue weighted by Crippen LogP contribution is -2.31. The van der Waals surface area contributed by atoms with E-state index in [0.29, 0.717) is 12.1 Å². The standard InChI is InChI=1S/C14H20N2O3/c1-4-10(2)16-13(17)12-7-5-11(6-8-12)9-15-14(18)19-3/h5-8,10H,4,9H2,1-3H3,(H,15,18)(H,16,17). The molecule has 1 atom stereocenters. The van der Waals surface area contributed by atoms with E-state index in [0.717, 1.165) is 12.0 Å². The quantitative estimate of drug-likeness (QED) is 0.855. The van der Waals surface area contributed by atoms with E-state index in [1.807, 2.05) is 26.0 Å². The molecule has 2 amide bonds. The molecule has 1 aromatic carbocycles. The molecule has 0 radical (unpaired) electrons. The number of hydrogen-bond donors (Lipinski definition) is 2. The zero-order chi connectivity index (χ0) is 14.3. The van der Waals surface area contributed by atoms with E-state index in [1.165, 1.54) is 7.11 Å². The third-order valence-electron chi connectivity index (χ3n) is 2.83. The van der Waals surface area contributed by atoms with Crippen LogP contribution < -0.4 is 10.6 Å². The van der Waals surface area contributed by atoms with E-state index in [1.54, 1.807) is 12.1 Å². The monoisotopic (exact) mass is 264 g/mol. The molecule has 0 aliphatic carbocycles. The minimum Gasteiger partial charge on any atom is -0.453 e. The van der Waals surface area contributed by atoms with Crippen molar-refractivity contribution in [3.63, 3.8) is 0 Å². The second-order valence-corrected chi connectivity index (χ2v) is 4.32. The van der Waals surface area contributed by atoms with Crippen LogP contribution in [-0.4, -0.2) is 25.2 Å². The summed E-state index contributed by atoms with van der Waals surface area (Å²) < 4.78 is 4.48. The fourth-order valence-corrected chi connectivity index (χ4v) is 1.43. The second-order valence-electron chi connectivity index (χ2n) is 4.32. The van der Waals surface area contributed by atoms with Crippen molar-refractivity contribution in [2.75, 3.05) is 7.11 Å². The lowest BCUT2D eigenvalue weighted by molar-refractivity contribution is 0.0939. The largest absolute Gasteiger partial charge is 0.453 e. The average Bonchev–Trinajstić information content (AvgIpc) is 2.44. The summed E-state index contributed by atoms with van der Waals surface area (Å²) in [6.45, 7) is 4.36. The zero-order valence-corrected chi connectivity index (χ0v) is 11.5. The van der Waals surface area contributed by atoms with Gasteiger partial charge in [-0.25, -0.2) is 4.79 Å². The van der Waals surface area contributed by atoms with Crippen LogP contribution in [0.4, 0.5) is 4.79 Å². The molecule has 0 saturated heterocycles. The molecular weight excluding hydrogens is 244 g/mol. The van der Waals surface area contributed by atoms with E-state index >= 15 is 0 Å². The molecule has 0 bridgehead atoms. The van der Waals surface area contributed by atoms with Gasteiger partial charge < -0.3 is 15.4 Å². The molecule has 0 heterocycles. The highest BCUT2D eigenvalue weighted by Crippen LogP contribution is 2.05. The summed E-state index contributed by atoms with van der Waals surface area (Å²) in [5.41, 5.74) is 1.52. The van der Waals surface area contributed by atoms with Crippen molar-refractivity contribution < 1.29 is 14.3 Å². The third kappa shape index (κ3) is 4.99. The zero-order valence-electron chi connectivity index (χ0n) is 11.5. The summed E-state index contributed by atoms with van der Waals surface area (Å²) in [4.78, 5) is 22.8. The molecule has 0 fully saturated rings. The Kier molecular flexibility index (Phi) is 5.85. The highest BCUT2D eigenvalue weighted by molar-refractivity contribution is 5.94. The van der Waals surface area contributed by atoms with Crippen LogP contribution in [-0.2, 0) is 11.3 Å². The van der Waals surface area contributed by atoms with E-state index in [4.69, 9.17) is 0 Å². The molecule has 0 spiro atoms. The van der Waals surface area contributed by atoms with Gasteiger partial charge in [-0.05, 0) is 31.0 Å². The lowest BCUT2D eigenvalue weighted by Gasteiger charge is -2.11. The number of alkyl carbamates (subject to hydrolysis) is 1. The van der Waals surface area contributed by atoms with Crippen molar-refractivity contribution in [2.24, 2.45) is 0 Å². The Morgan fingerprint density at radius 1 is 1.26 bits per heavy atom. The van der Waals surface area contributed by atoms with Crippen molar-refractivity contribution in [1.29, 1.82) is 0 Å². The van der Waals surface area contributed by atoms with Gasteiger partial charge in [0.2, 0.25) is 0 Å². The maximum absolute atomic E-state index is 11.8. The van der Waals surface area contributed by atoms with Gasteiger partial charge in [0.1, 0.15) is 0 Å². The third-order valence-corrected chi connectivity index (χ3v) is 2.83. The lowest BCUT2D eigenvalue weighted by atomic mass is 10.1. The smallest absolute Gasteiger partial charge is 0.407 e. The van der Waals surface area contributed by atoms with Crippen molar-refractivity contribution in [3.8, 4) is 0 Å². The topological polar surface area (TPSA) is 67.4 Å². The van der Waals surface area contributed by atoms with E-state index in [9.17, 15) is 9.59 Å². The Balaban J connectivity index is 2.56. The number of carbonyl (C=O) groups is 2. The van der Waals surface area contributed by atoms with Crippen LogP contribution >= 0.6 is 0 Å². The first kappa shape index (κ1) is 15.0. The molecule has 5 nitrogen and oxygen atoms in total. The maximum atomic E-state index is 11.8. The van der Waals surface area contributed by atoms with E-state index < -0.39 is 6.09 Å². The molecule has 1 unspecified atom stereocenters. The number of benzene rings is 1. The van der Waals surface area contributed by atoms with Crippen LogP contribution in [0.25, 0.3) is 0 Å². The van der Waals surface area contributed by atoms with Crippen molar-refractivity contribution in [3.05, 3.63) is 35.4 Å². The Morgan fingerprint density at radius 2 is 1.89 bits per heavy atom. The predicted molar refractivity (Wildman–Crippen MR) is 72.9 cm³/mol. The first-order valence-corrected chi connectivity index (χ1v) is 6.28. The van der Waals surface area contributed by atoms with Gasteiger partial charge in [-0.3, -0.25) is 4.79 Å². The Hall–Kier alpha value is -2.04. The van der Waals surface area contributed by atoms with Crippen LogP contribution in [0.5, 0.6) is 0 Å². The van der Waals surface area contributed by atoms with Crippen LogP contribution in [0.2, 0.25) is 0 Å². The van der Waals surface area contributed by atoms with Gasteiger partial charge >= 0.3 is 6.09 Å². The molecule has 0 saturated carbocycles. The number of ether oxygens (including phenoxy) is 1. The highest BCUT2D eigenvalue weighted by atomic mass is 16.5. The first-order chi connectivity index (χ1) is 9.06. The number of carbonyl (C=O) groups excluding carboxylic acids is 2. The van der Waals surface area contributed by atoms with Gasteiger partial charge in [-0.2, -0.15) is 0 Å². The second kappa shape index (κ2) is 7.41. The van der Waals surface area contributed by atoms with Gasteiger partial charge in [0.25, 0.3) is 5.91 Å². The summed E-state index contributed by atoms with van der Waals surface area (Å²) in [6.07, 6.45) is 0.422. The molecule has 0 aromatic heterocycles. The highest BCUT2D eigenvalue weighted by Gasteiger charge is 2.08. The van der Waals surface area contributed by atoms with Crippen molar-refractivity contribution >= 4 is 12.0 Å². The van der Waals surface area contributed by atoms with Crippen molar-refractivity contribution in [1.82, 2.24) is 10.6 Å². The number of hydrogen-bond acceptors (Lipinski definition) is 3. The number of nitrogens with one attached hydrogen (secondary N) is 2. The summed E-state index contributed by atoms with van der Waals surface area (Å²) in [5.74, 6) is -0.0816. The Bertz CT molecular complexity index is 429. The fourth-order valence-electron chi connectivity index (χ4n) is 1.43. The SMILES string of the molecule is CCC(C)NC(=O)c1ccc(CNC(=O)OC)cc1. The fraction of sp³-hybridized carbons (Fsp3) is 0.429. The van der Waals surface area contributed by atoms with Gasteiger partial charge in [0.15, 0.2) is 0 Å². The van der Waals surface area contributed by atoms with Crippen LogP contribution in [0.3, 0.4) is 0 Å². The van der Waals surface area contributed by atoms with E-state index in [2.05, 4.69) is 15.4 Å². The van der Waals surface area contributed by atoms with Crippen LogP contribution in [0, 0.1) is 0 Å². The van der Waals surface area contributed by atoms with E-state index in [-0.39, 0.29) is 11.9 Å². The first-order valence-electron chi connectivity index (χ1n) is 6.28. The van der Waals surface area contributed by atoms with Gasteiger partial charge in [0, 0.05) is 18.2 Å². The summed E-state index contributed by atoms with van der Waals surface area (Å²) in [7, 11) is 1.32. The molecule has 19 heavy (non-hydrogen) atoms. The van der Waals surface area contributed by atoms with Crippen LogP contribution in [0.1, 0.15) is 36.2 Å². The van der Waals surface area contributed by atoms with Crippen LogP contribution in [0.15, 0.2) is 24.3 Å². The molecule has 0 aliphatic heterocycles. The predicted octanol–water partition coefficient (Wildman–Crippen LogP) is 2.07. The maximum Gasteiger partial charge on any atom is 0.407 e. The Labute approximate surface area is 113 Å². The Morgan fingerprint density at radius 3 is 2.42 bits per heavy atom. The normalized spacial score (nSPS) is 11.5. The molecular formula is C14H20N2O3. The molecule has 5 heteroatoms. The minimum absolute atomic E-state index is 0.0816. The molecule has 104 valence electrons.